The first-order valence-corrected chi connectivity index (χ1v) is 3.46. The van der Waals surface area contributed by atoms with E-state index in [1.807, 2.05) is 0 Å². The molecule has 0 aromatic rings. The molecular weight excluding hydrogens is 200 g/mol. The fourth-order valence-electron chi connectivity index (χ4n) is 0. The van der Waals surface area contributed by atoms with Crippen LogP contribution in [0.4, 0.5) is 0 Å². The maximum atomic E-state index is 7.65. The minimum absolute atomic E-state index is 0.306. The van der Waals surface area contributed by atoms with E-state index in [1.54, 1.807) is 0 Å². The van der Waals surface area contributed by atoms with Crippen molar-refractivity contribution >= 4 is 70.2 Å². The molecule has 0 spiro atoms. The lowest BCUT2D eigenvalue weighted by molar-refractivity contribution is 0.586. The largest absolute Gasteiger partial charge is 0.494 e. The summed E-state index contributed by atoms with van der Waals surface area (Å²) in [6.45, 7) is 0. The van der Waals surface area contributed by atoms with Crippen molar-refractivity contribution in [3.8, 4) is 0 Å². The Morgan fingerprint density at radius 2 is 1.12 bits per heavy atom. The van der Waals surface area contributed by atoms with Crippen molar-refractivity contribution < 1.29 is 5.11 Å². The van der Waals surface area contributed by atoms with E-state index in [0.717, 1.165) is 0 Å². The van der Waals surface area contributed by atoms with Gasteiger partial charge in [-0.25, -0.2) is 0 Å². The van der Waals surface area contributed by atoms with Gasteiger partial charge in [0.15, 0.2) is 0 Å². The van der Waals surface area contributed by atoms with Crippen molar-refractivity contribution in [2.24, 2.45) is 0 Å². The summed E-state index contributed by atoms with van der Waals surface area (Å²) < 4.78 is 0.0833. The lowest BCUT2D eigenvalue weighted by Crippen LogP contribution is -1.66. The van der Waals surface area contributed by atoms with E-state index >= 15 is 0 Å². The van der Waals surface area contributed by atoms with Crippen LogP contribution in [-0.4, -0.2) is 13.0 Å². The summed E-state index contributed by atoms with van der Waals surface area (Å²) in [5.41, 5.74) is 0. The van der Waals surface area contributed by atoms with Crippen LogP contribution in [0.3, 0.4) is 0 Å². The molecule has 0 aliphatic heterocycles. The standard InChI is InChI=1S/CH2OS2.CH2S3/c2*2-1(3)4/h2*(H2,2,3,4). The second kappa shape index (κ2) is 8.03. The fourth-order valence-corrected chi connectivity index (χ4v) is 0. The second-order valence-corrected chi connectivity index (χ2v) is 3.94. The Morgan fingerprint density at radius 1 is 1.12 bits per heavy atom. The predicted molar refractivity (Wildman–Crippen MR) is 54.8 cm³/mol. The van der Waals surface area contributed by atoms with Gasteiger partial charge in [-0.05, 0) is 12.2 Å². The smallest absolute Gasteiger partial charge is 0.214 e. The molecule has 0 saturated carbocycles. The molecule has 1 nitrogen and oxygen atoms in total. The normalized spacial score (nSPS) is 6.38. The minimum atomic E-state index is -0.306. The third-order valence-electron chi connectivity index (χ3n) is 0. The third-order valence-corrected chi connectivity index (χ3v) is 0. The molecule has 0 unspecified atom stereocenters. The van der Waals surface area contributed by atoms with Crippen LogP contribution in [0.15, 0.2) is 0 Å². The molecule has 0 atom stereocenters. The number of aliphatic hydroxyl groups is 1. The van der Waals surface area contributed by atoms with Gasteiger partial charge in [0.1, 0.15) is 0 Å². The quantitative estimate of drug-likeness (QED) is 0.357. The van der Waals surface area contributed by atoms with Crippen LogP contribution in [0.1, 0.15) is 0 Å². The summed E-state index contributed by atoms with van der Waals surface area (Å²) in [6, 6.07) is 0. The summed E-state index contributed by atoms with van der Waals surface area (Å²) in [6.07, 6.45) is 0. The van der Waals surface area contributed by atoms with Gasteiger partial charge in [0, 0.05) is 0 Å². The van der Waals surface area contributed by atoms with Crippen LogP contribution < -0.4 is 0 Å². The molecule has 0 bridgehead atoms. The Bertz CT molecular complexity index is 68.4. The maximum Gasteiger partial charge on any atom is 0.214 e. The monoisotopic (exact) mass is 204 g/mol. The second-order valence-electron chi connectivity index (χ2n) is 0.565. The molecule has 0 aromatic heterocycles. The van der Waals surface area contributed by atoms with Crippen molar-refractivity contribution in [3.05, 3.63) is 0 Å². The van der Waals surface area contributed by atoms with Crippen molar-refractivity contribution in [1.82, 2.24) is 0 Å². The zero-order chi connectivity index (χ0) is 7.15. The fraction of sp³-hybridized carbons (Fsp3) is 0. The Morgan fingerprint density at radius 3 is 1.12 bits per heavy atom. The van der Waals surface area contributed by atoms with Crippen LogP contribution in [0.5, 0.6) is 0 Å². The van der Waals surface area contributed by atoms with Crippen LogP contribution in [0, 0.1) is 0 Å². The van der Waals surface area contributed by atoms with E-state index in [-0.39, 0.29) is 4.38 Å². The first-order valence-electron chi connectivity index (χ1n) is 1.30. The Kier molecular flexibility index (Phi) is 11.8. The summed E-state index contributed by atoms with van der Waals surface area (Å²) in [7, 11) is 0. The lowest BCUT2D eigenvalue weighted by Gasteiger charge is -1.63. The number of hydrogen-bond acceptors (Lipinski definition) is 2. The lowest BCUT2D eigenvalue weighted by atomic mass is 11.7. The first-order chi connectivity index (χ1) is 3.46. The van der Waals surface area contributed by atoms with E-state index in [9.17, 15) is 0 Å². The average Bonchev–Trinajstić information content (AvgIpc) is 1.25. The highest BCUT2D eigenvalue weighted by Gasteiger charge is 1.59. The van der Waals surface area contributed by atoms with Gasteiger partial charge in [0.25, 0.3) is 0 Å². The molecular formula is C2H4OS5. The van der Waals surface area contributed by atoms with Crippen LogP contribution >= 0.6 is 62.3 Å². The molecule has 0 heterocycles. The topological polar surface area (TPSA) is 20.2 Å². The zero-order valence-corrected chi connectivity index (χ0v) is 7.92. The van der Waals surface area contributed by atoms with Crippen molar-refractivity contribution in [2.75, 3.05) is 0 Å². The zero-order valence-electron chi connectivity index (χ0n) is 3.61. The Labute approximate surface area is 75.1 Å². The molecule has 6 heteroatoms. The highest BCUT2D eigenvalue weighted by atomic mass is 32.2. The van der Waals surface area contributed by atoms with Crippen molar-refractivity contribution in [2.45, 2.75) is 0 Å². The highest BCUT2D eigenvalue weighted by molar-refractivity contribution is 8.34. The number of thiol groups is 3. The van der Waals surface area contributed by atoms with Gasteiger partial charge < -0.3 is 5.11 Å². The van der Waals surface area contributed by atoms with Gasteiger partial charge in [-0.1, -0.05) is 24.8 Å². The molecule has 0 radical (unpaired) electrons. The van der Waals surface area contributed by atoms with Crippen molar-refractivity contribution in [3.63, 3.8) is 0 Å². The van der Waals surface area contributed by atoms with E-state index in [2.05, 4.69) is 62.3 Å². The number of rotatable bonds is 0. The molecule has 0 fully saturated rings. The van der Waals surface area contributed by atoms with Gasteiger partial charge in [0.2, 0.25) is 4.38 Å². The first kappa shape index (κ1) is 11.8. The molecule has 0 rings (SSSR count). The van der Waals surface area contributed by atoms with Crippen LogP contribution in [-0.2, 0) is 0 Å². The number of thiocarbonyl (C=S) groups is 2. The van der Waals surface area contributed by atoms with Crippen molar-refractivity contribution in [1.29, 1.82) is 0 Å². The van der Waals surface area contributed by atoms with Gasteiger partial charge >= 0.3 is 0 Å². The summed E-state index contributed by atoms with van der Waals surface area (Å²) in [4.78, 5) is 0. The van der Waals surface area contributed by atoms with Crippen LogP contribution in [0.25, 0.3) is 0 Å². The average molecular weight is 204 g/mol. The maximum absolute atomic E-state index is 7.65. The number of aliphatic hydroxyl groups excluding tert-OH is 1. The SMILES string of the molecule is OC(=S)S.S=C(S)S. The minimum Gasteiger partial charge on any atom is -0.494 e. The highest BCUT2D eigenvalue weighted by Crippen LogP contribution is 1.83. The Hall–Kier alpha value is 1.03. The molecule has 0 amide bonds. The third kappa shape index (κ3) is 241. The molecule has 0 aromatic carbocycles. The van der Waals surface area contributed by atoms with Gasteiger partial charge in [-0.2, -0.15) is 0 Å². The Balaban J connectivity index is 0. The molecule has 8 heavy (non-hydrogen) atoms. The van der Waals surface area contributed by atoms with Gasteiger partial charge in [-0.15, -0.1) is 25.3 Å². The predicted octanol–water partition coefficient (Wildman–Crippen LogP) is 1.89. The summed E-state index contributed by atoms with van der Waals surface area (Å²) in [5.74, 6) is 0. The van der Waals surface area contributed by atoms with Crippen LogP contribution in [0.2, 0.25) is 0 Å². The van der Waals surface area contributed by atoms with E-state index in [0.29, 0.717) is 3.53 Å². The van der Waals surface area contributed by atoms with E-state index in [4.69, 9.17) is 5.11 Å². The molecule has 48 valence electrons. The summed E-state index contributed by atoms with van der Waals surface area (Å²) >= 11 is 18.6. The molecule has 0 saturated heterocycles. The van der Waals surface area contributed by atoms with E-state index in [1.165, 1.54) is 0 Å². The molecule has 1 N–H and O–H groups in total. The number of hydrogen-bond donors (Lipinski definition) is 4. The van der Waals surface area contributed by atoms with Gasteiger partial charge in [0.05, 0.1) is 3.53 Å². The summed E-state index contributed by atoms with van der Waals surface area (Å²) in [5, 5.41) is 7.65. The molecule has 0 aliphatic carbocycles. The molecule has 0 aliphatic rings. The van der Waals surface area contributed by atoms with Gasteiger partial charge in [-0.3, -0.25) is 0 Å². The van der Waals surface area contributed by atoms with E-state index < -0.39 is 0 Å².